The maximum atomic E-state index is 15.0. The number of nitrogens with zero attached hydrogens (tertiary/aromatic N) is 1. The van der Waals surface area contributed by atoms with Gasteiger partial charge in [0.2, 0.25) is 0 Å². The van der Waals surface area contributed by atoms with Gasteiger partial charge in [-0.1, -0.05) is 25.1 Å². The minimum atomic E-state index is -2.72. The van der Waals surface area contributed by atoms with Gasteiger partial charge in [0.05, 0.1) is 0 Å². The monoisotopic (exact) mass is 399 g/mol. The number of para-hydroxylation sites is 1. The number of hydrogen-bond donors (Lipinski definition) is 2. The Bertz CT molecular complexity index is 934. The molecule has 11 heteroatoms. The number of H-pyrrole nitrogens is 1. The SMILES string of the molecule is C[C@@H]1[C@H](n2ccc(=O)[nH]c2=O)O[C@](F)(CO[P+](=O)Oc2ccccc2)[C@H]1O. The summed E-state index contributed by atoms with van der Waals surface area (Å²) < 4.78 is 42.9. The van der Waals surface area contributed by atoms with Crippen molar-refractivity contribution in [1.29, 1.82) is 0 Å². The van der Waals surface area contributed by atoms with Crippen molar-refractivity contribution in [3.8, 4) is 5.75 Å². The lowest BCUT2D eigenvalue weighted by Gasteiger charge is -2.20. The molecule has 0 saturated carbocycles. The molecule has 2 N–H and O–H groups in total. The lowest BCUT2D eigenvalue weighted by atomic mass is 10.0. The van der Waals surface area contributed by atoms with E-state index in [1.807, 2.05) is 4.98 Å². The summed E-state index contributed by atoms with van der Waals surface area (Å²) in [5.41, 5.74) is -1.43. The highest BCUT2D eigenvalue weighted by Crippen LogP contribution is 2.43. The van der Waals surface area contributed by atoms with Crippen molar-refractivity contribution >= 4 is 8.25 Å². The number of aliphatic hydroxyl groups is 1. The molecule has 0 bridgehead atoms. The van der Waals surface area contributed by atoms with Crippen molar-refractivity contribution in [2.45, 2.75) is 25.1 Å². The van der Waals surface area contributed by atoms with Gasteiger partial charge in [-0.3, -0.25) is 14.3 Å². The van der Waals surface area contributed by atoms with E-state index in [0.29, 0.717) is 0 Å². The van der Waals surface area contributed by atoms with Crippen LogP contribution in [0.25, 0.3) is 0 Å². The molecule has 2 aromatic rings. The first-order valence-electron chi connectivity index (χ1n) is 7.99. The fourth-order valence-corrected chi connectivity index (χ4v) is 3.35. The predicted octanol–water partition coefficient (Wildman–Crippen LogP) is 1.48. The van der Waals surface area contributed by atoms with Crippen LogP contribution in [0, 0.1) is 5.92 Å². The standard InChI is InChI=1S/C16H16FN2O7P/c1-10-13(21)16(17,9-24-27(23)26-11-5-3-2-4-6-11)25-14(10)19-8-7-12(20)18-15(19)22/h2-8,10,13-14,21H,9H2,1H3/p+1/t10-,13-,14+,16+/m0/s1. The summed E-state index contributed by atoms with van der Waals surface area (Å²) in [6.45, 7) is 0.587. The third kappa shape index (κ3) is 4.14. The second-order valence-corrected chi connectivity index (χ2v) is 6.91. The van der Waals surface area contributed by atoms with Crippen LogP contribution >= 0.6 is 8.25 Å². The number of aromatic amines is 1. The van der Waals surface area contributed by atoms with Crippen LogP contribution in [-0.2, 0) is 13.8 Å². The lowest BCUT2D eigenvalue weighted by molar-refractivity contribution is -0.203. The Balaban J connectivity index is 1.69. The smallest absolute Gasteiger partial charge is 0.387 e. The number of alkyl halides is 1. The van der Waals surface area contributed by atoms with Crippen LogP contribution in [0.15, 0.2) is 52.2 Å². The minimum Gasteiger partial charge on any atom is -0.387 e. The average molecular weight is 399 g/mol. The summed E-state index contributed by atoms with van der Waals surface area (Å²) in [6, 6.07) is 9.22. The third-order valence-electron chi connectivity index (χ3n) is 4.12. The fourth-order valence-electron chi connectivity index (χ4n) is 2.72. The molecule has 1 saturated heterocycles. The number of nitrogens with one attached hydrogen (secondary N) is 1. The van der Waals surface area contributed by atoms with Crippen molar-refractivity contribution in [2.24, 2.45) is 5.92 Å². The summed E-state index contributed by atoms with van der Waals surface area (Å²) >= 11 is 0. The molecule has 9 nitrogen and oxygen atoms in total. The summed E-state index contributed by atoms with van der Waals surface area (Å²) in [6.07, 6.45) is -1.71. The summed E-state index contributed by atoms with van der Waals surface area (Å²) in [7, 11) is -2.71. The molecular formula is C16H17FN2O7P+. The van der Waals surface area contributed by atoms with Gasteiger partial charge in [0.25, 0.3) is 11.4 Å². The van der Waals surface area contributed by atoms with Crippen molar-refractivity contribution in [3.05, 3.63) is 63.4 Å². The first-order chi connectivity index (χ1) is 12.8. The molecular weight excluding hydrogens is 382 g/mol. The number of rotatable bonds is 6. The van der Waals surface area contributed by atoms with Gasteiger partial charge in [-0.2, -0.15) is 0 Å². The Labute approximate surface area is 153 Å². The molecule has 0 amide bonds. The highest BCUT2D eigenvalue weighted by atomic mass is 31.1. The molecule has 144 valence electrons. The van der Waals surface area contributed by atoms with Crippen LogP contribution in [0.2, 0.25) is 0 Å². The quantitative estimate of drug-likeness (QED) is 0.706. The van der Waals surface area contributed by atoms with Gasteiger partial charge in [0.15, 0.2) is 12.4 Å². The van der Waals surface area contributed by atoms with E-state index in [4.69, 9.17) is 13.8 Å². The molecule has 3 rings (SSSR count). The Morgan fingerprint density at radius 1 is 1.33 bits per heavy atom. The lowest BCUT2D eigenvalue weighted by Crippen LogP contribution is -2.40. The normalized spacial score (nSPS) is 28.1. The largest absolute Gasteiger partial charge is 0.750 e. The second kappa shape index (κ2) is 7.69. The number of hydrogen-bond acceptors (Lipinski definition) is 7. The first kappa shape index (κ1) is 19.4. The molecule has 5 atom stereocenters. The van der Waals surface area contributed by atoms with E-state index in [9.17, 15) is 19.3 Å². The van der Waals surface area contributed by atoms with E-state index in [2.05, 4.69) is 0 Å². The third-order valence-corrected chi connectivity index (χ3v) is 4.82. The van der Waals surface area contributed by atoms with E-state index in [0.717, 1.165) is 16.8 Å². The minimum absolute atomic E-state index is 0.269. The second-order valence-electron chi connectivity index (χ2n) is 6.02. The van der Waals surface area contributed by atoms with Gasteiger partial charge in [-0.25, -0.2) is 13.7 Å². The van der Waals surface area contributed by atoms with Gasteiger partial charge in [0, 0.05) is 22.7 Å². The zero-order valence-electron chi connectivity index (χ0n) is 14.1. The average Bonchev–Trinajstić information content (AvgIpc) is 2.86. The molecule has 1 fully saturated rings. The number of ether oxygens (including phenoxy) is 1. The maximum Gasteiger partial charge on any atom is 0.750 e. The Kier molecular flexibility index (Phi) is 5.52. The molecule has 2 heterocycles. The van der Waals surface area contributed by atoms with Crippen molar-refractivity contribution in [3.63, 3.8) is 0 Å². The van der Waals surface area contributed by atoms with Crippen LogP contribution in [0.5, 0.6) is 5.75 Å². The zero-order valence-corrected chi connectivity index (χ0v) is 15.0. The number of halogens is 1. The van der Waals surface area contributed by atoms with E-state index in [-0.39, 0.29) is 5.75 Å². The Hall–Kier alpha value is -2.39. The molecule has 0 aliphatic carbocycles. The molecule has 27 heavy (non-hydrogen) atoms. The number of aromatic nitrogens is 2. The number of aliphatic hydroxyl groups excluding tert-OH is 1. The molecule has 0 radical (unpaired) electrons. The van der Waals surface area contributed by atoms with Gasteiger partial charge in [-0.05, 0) is 12.1 Å². The Morgan fingerprint density at radius 2 is 2.04 bits per heavy atom. The first-order valence-corrected chi connectivity index (χ1v) is 9.09. The van der Waals surface area contributed by atoms with Crippen LogP contribution in [0.3, 0.4) is 0 Å². The topological polar surface area (TPSA) is 120 Å². The molecule has 1 aromatic carbocycles. The van der Waals surface area contributed by atoms with Gasteiger partial charge < -0.3 is 9.84 Å². The van der Waals surface area contributed by atoms with Crippen LogP contribution in [0.1, 0.15) is 13.2 Å². The molecule has 1 aromatic heterocycles. The Morgan fingerprint density at radius 3 is 2.70 bits per heavy atom. The predicted molar refractivity (Wildman–Crippen MR) is 91.1 cm³/mol. The zero-order chi connectivity index (χ0) is 19.6. The van der Waals surface area contributed by atoms with E-state index in [1.165, 1.54) is 6.92 Å². The summed E-state index contributed by atoms with van der Waals surface area (Å²) in [4.78, 5) is 25.1. The molecule has 1 unspecified atom stereocenters. The van der Waals surface area contributed by atoms with E-state index < -0.39 is 50.2 Å². The maximum absolute atomic E-state index is 15.0. The molecule has 0 spiro atoms. The van der Waals surface area contributed by atoms with Crippen molar-refractivity contribution in [2.75, 3.05) is 6.61 Å². The summed E-state index contributed by atoms with van der Waals surface area (Å²) in [5.74, 6) is -3.30. The highest BCUT2D eigenvalue weighted by Gasteiger charge is 2.56. The molecule has 1 aliphatic heterocycles. The number of benzene rings is 1. The van der Waals surface area contributed by atoms with Crippen molar-refractivity contribution in [1.82, 2.24) is 9.55 Å². The van der Waals surface area contributed by atoms with E-state index >= 15 is 4.39 Å². The van der Waals surface area contributed by atoms with Crippen LogP contribution in [0.4, 0.5) is 4.39 Å². The van der Waals surface area contributed by atoms with E-state index in [1.54, 1.807) is 30.3 Å². The van der Waals surface area contributed by atoms with Gasteiger partial charge in [-0.15, -0.1) is 4.52 Å². The summed E-state index contributed by atoms with van der Waals surface area (Å²) in [5, 5.41) is 10.2. The van der Waals surface area contributed by atoms with Gasteiger partial charge >= 0.3 is 13.9 Å². The van der Waals surface area contributed by atoms with Crippen LogP contribution in [-0.4, -0.2) is 33.2 Å². The van der Waals surface area contributed by atoms with Crippen LogP contribution < -0.4 is 15.8 Å². The van der Waals surface area contributed by atoms with Gasteiger partial charge in [0.1, 0.15) is 12.3 Å². The highest BCUT2D eigenvalue weighted by molar-refractivity contribution is 7.33. The molecule has 1 aliphatic rings. The fraction of sp³-hybridized carbons (Fsp3) is 0.375. The van der Waals surface area contributed by atoms with Crippen molar-refractivity contribution < 1.29 is 27.8 Å².